The Morgan fingerprint density at radius 3 is 2.33 bits per heavy atom. The van der Waals surface area contributed by atoms with Crippen LogP contribution in [0.15, 0.2) is 67.3 Å². The number of carbonyl (C=O) groups is 1. The minimum absolute atomic E-state index is 0.0333. The Morgan fingerprint density at radius 1 is 1.10 bits per heavy atom. The molecule has 0 aliphatic rings. The maximum atomic E-state index is 11.1. The number of benzene rings is 2. The molecule has 108 valence electrons. The SMILES string of the molecule is C=CC(=O)CC(O)COc1ccc(-c2ccccc2)cc1. The van der Waals surface area contributed by atoms with Gasteiger partial charge < -0.3 is 9.84 Å². The van der Waals surface area contributed by atoms with Crippen molar-refractivity contribution < 1.29 is 14.6 Å². The molecule has 0 saturated carbocycles. The lowest BCUT2D eigenvalue weighted by Gasteiger charge is -2.11. The molecule has 0 radical (unpaired) electrons. The van der Waals surface area contributed by atoms with Gasteiger partial charge in [-0.15, -0.1) is 0 Å². The number of carbonyl (C=O) groups excluding carboxylic acids is 1. The van der Waals surface area contributed by atoms with E-state index in [1.54, 1.807) is 0 Å². The molecule has 0 aliphatic heterocycles. The van der Waals surface area contributed by atoms with E-state index in [9.17, 15) is 9.90 Å². The van der Waals surface area contributed by atoms with Crippen LogP contribution in [0.25, 0.3) is 11.1 Å². The Kier molecular flexibility index (Phi) is 5.29. The predicted molar refractivity (Wildman–Crippen MR) is 83.2 cm³/mol. The minimum Gasteiger partial charge on any atom is -0.491 e. The van der Waals surface area contributed by atoms with Gasteiger partial charge in [0.25, 0.3) is 0 Å². The number of allylic oxidation sites excluding steroid dienone is 1. The number of aliphatic hydroxyl groups excluding tert-OH is 1. The summed E-state index contributed by atoms with van der Waals surface area (Å²) in [7, 11) is 0. The summed E-state index contributed by atoms with van der Waals surface area (Å²) in [5.41, 5.74) is 2.24. The molecule has 3 heteroatoms. The Labute approximate surface area is 124 Å². The van der Waals surface area contributed by atoms with Gasteiger partial charge in [-0.1, -0.05) is 49.0 Å². The Bertz CT molecular complexity index is 588. The van der Waals surface area contributed by atoms with Gasteiger partial charge in [-0.3, -0.25) is 4.79 Å². The second kappa shape index (κ2) is 7.41. The topological polar surface area (TPSA) is 46.5 Å². The van der Waals surface area contributed by atoms with Crippen LogP contribution < -0.4 is 4.74 Å². The van der Waals surface area contributed by atoms with Crippen LogP contribution >= 0.6 is 0 Å². The van der Waals surface area contributed by atoms with Gasteiger partial charge in [0.05, 0.1) is 6.10 Å². The van der Waals surface area contributed by atoms with E-state index in [4.69, 9.17) is 4.74 Å². The van der Waals surface area contributed by atoms with Gasteiger partial charge in [-0.25, -0.2) is 0 Å². The van der Waals surface area contributed by atoms with E-state index >= 15 is 0 Å². The third-order valence-electron chi connectivity index (χ3n) is 3.07. The van der Waals surface area contributed by atoms with Crippen molar-refractivity contribution in [2.75, 3.05) is 6.61 Å². The molecule has 3 nitrogen and oxygen atoms in total. The van der Waals surface area contributed by atoms with Crippen LogP contribution in [0.2, 0.25) is 0 Å². The molecule has 2 aromatic rings. The van der Waals surface area contributed by atoms with E-state index in [0.29, 0.717) is 5.75 Å². The molecular formula is C18H18O3. The van der Waals surface area contributed by atoms with Crippen LogP contribution in [0.1, 0.15) is 6.42 Å². The Balaban J connectivity index is 1.91. The molecule has 0 aliphatic carbocycles. The molecule has 0 amide bonds. The average molecular weight is 282 g/mol. The summed E-state index contributed by atoms with van der Waals surface area (Å²) in [6.45, 7) is 3.46. The van der Waals surface area contributed by atoms with E-state index in [2.05, 4.69) is 6.58 Å². The monoisotopic (exact) mass is 282 g/mol. The number of ether oxygens (including phenoxy) is 1. The second-order valence-corrected chi connectivity index (χ2v) is 4.73. The first kappa shape index (κ1) is 15.0. The van der Waals surface area contributed by atoms with Gasteiger partial charge >= 0.3 is 0 Å². The maximum absolute atomic E-state index is 11.1. The number of aliphatic hydroxyl groups is 1. The fourth-order valence-electron chi connectivity index (χ4n) is 1.94. The standard InChI is InChI=1S/C18H18O3/c1-2-16(19)12-17(20)13-21-18-10-8-15(9-11-18)14-6-4-3-5-7-14/h2-11,17,20H,1,12-13H2. The molecule has 0 aromatic heterocycles. The quantitative estimate of drug-likeness (QED) is 0.793. The molecule has 2 aromatic carbocycles. The molecule has 21 heavy (non-hydrogen) atoms. The molecule has 2 rings (SSSR count). The normalized spacial score (nSPS) is 11.7. The Hall–Kier alpha value is -2.39. The lowest BCUT2D eigenvalue weighted by Crippen LogP contribution is -2.20. The second-order valence-electron chi connectivity index (χ2n) is 4.73. The summed E-state index contributed by atoms with van der Waals surface area (Å²) in [6.07, 6.45) is 0.424. The van der Waals surface area contributed by atoms with E-state index in [0.717, 1.165) is 11.1 Å². The zero-order valence-corrected chi connectivity index (χ0v) is 11.7. The fraction of sp³-hybridized carbons (Fsp3) is 0.167. The van der Waals surface area contributed by atoms with Crippen LogP contribution in [0, 0.1) is 0 Å². The van der Waals surface area contributed by atoms with Gasteiger partial charge in [-0.2, -0.15) is 0 Å². The molecule has 0 saturated heterocycles. The van der Waals surface area contributed by atoms with Crippen molar-refractivity contribution in [3.05, 3.63) is 67.3 Å². The van der Waals surface area contributed by atoms with Crippen LogP contribution in [0.5, 0.6) is 5.75 Å². The largest absolute Gasteiger partial charge is 0.491 e. The lowest BCUT2D eigenvalue weighted by molar-refractivity contribution is -0.116. The zero-order valence-electron chi connectivity index (χ0n) is 11.7. The van der Waals surface area contributed by atoms with E-state index < -0.39 is 6.10 Å². The molecular weight excluding hydrogens is 264 g/mol. The molecule has 1 unspecified atom stereocenters. The highest BCUT2D eigenvalue weighted by Crippen LogP contribution is 2.22. The molecule has 0 spiro atoms. The van der Waals surface area contributed by atoms with Crippen molar-refractivity contribution in [1.29, 1.82) is 0 Å². The summed E-state index contributed by atoms with van der Waals surface area (Å²) in [4.78, 5) is 11.1. The third kappa shape index (κ3) is 4.58. The minimum atomic E-state index is -0.815. The van der Waals surface area contributed by atoms with Crippen molar-refractivity contribution in [2.24, 2.45) is 0 Å². The van der Waals surface area contributed by atoms with Crippen molar-refractivity contribution in [1.82, 2.24) is 0 Å². The average Bonchev–Trinajstić information content (AvgIpc) is 2.54. The van der Waals surface area contributed by atoms with Crippen molar-refractivity contribution in [3.63, 3.8) is 0 Å². The zero-order chi connectivity index (χ0) is 15.1. The van der Waals surface area contributed by atoms with Crippen molar-refractivity contribution in [2.45, 2.75) is 12.5 Å². The van der Waals surface area contributed by atoms with E-state index in [1.165, 1.54) is 6.08 Å². The van der Waals surface area contributed by atoms with E-state index in [-0.39, 0.29) is 18.8 Å². The number of hydrogen-bond donors (Lipinski definition) is 1. The smallest absolute Gasteiger partial charge is 0.157 e. The fourth-order valence-corrected chi connectivity index (χ4v) is 1.94. The number of hydrogen-bond acceptors (Lipinski definition) is 3. The van der Waals surface area contributed by atoms with Gasteiger partial charge in [0.2, 0.25) is 0 Å². The van der Waals surface area contributed by atoms with E-state index in [1.807, 2.05) is 54.6 Å². The summed E-state index contributed by atoms with van der Waals surface area (Å²) in [5.74, 6) is 0.477. The molecule has 0 bridgehead atoms. The van der Waals surface area contributed by atoms with Crippen molar-refractivity contribution >= 4 is 5.78 Å². The highest BCUT2D eigenvalue weighted by atomic mass is 16.5. The lowest BCUT2D eigenvalue weighted by atomic mass is 10.1. The summed E-state index contributed by atoms with van der Waals surface area (Å²) in [6, 6.07) is 17.7. The van der Waals surface area contributed by atoms with Gasteiger partial charge in [0, 0.05) is 6.42 Å². The van der Waals surface area contributed by atoms with Crippen LogP contribution in [-0.4, -0.2) is 23.6 Å². The first-order valence-electron chi connectivity index (χ1n) is 6.80. The van der Waals surface area contributed by atoms with Crippen molar-refractivity contribution in [3.8, 4) is 16.9 Å². The van der Waals surface area contributed by atoms with Crippen LogP contribution in [0.4, 0.5) is 0 Å². The van der Waals surface area contributed by atoms with Gasteiger partial charge in [-0.05, 0) is 29.3 Å². The predicted octanol–water partition coefficient (Wildman–Crippen LogP) is 3.24. The number of rotatable bonds is 7. The van der Waals surface area contributed by atoms with Gasteiger partial charge in [0.15, 0.2) is 5.78 Å². The molecule has 0 heterocycles. The molecule has 0 fully saturated rings. The highest BCUT2D eigenvalue weighted by molar-refractivity contribution is 5.89. The number of ketones is 1. The molecule has 1 N–H and O–H groups in total. The first-order chi connectivity index (χ1) is 10.2. The summed E-state index contributed by atoms with van der Waals surface area (Å²) in [5, 5.41) is 9.65. The van der Waals surface area contributed by atoms with Gasteiger partial charge in [0.1, 0.15) is 12.4 Å². The van der Waals surface area contributed by atoms with Crippen LogP contribution in [-0.2, 0) is 4.79 Å². The Morgan fingerprint density at radius 2 is 1.71 bits per heavy atom. The summed E-state index contributed by atoms with van der Waals surface area (Å²) >= 11 is 0. The maximum Gasteiger partial charge on any atom is 0.157 e. The van der Waals surface area contributed by atoms with Crippen LogP contribution in [0.3, 0.4) is 0 Å². The third-order valence-corrected chi connectivity index (χ3v) is 3.07. The first-order valence-corrected chi connectivity index (χ1v) is 6.80. The molecule has 1 atom stereocenters. The highest BCUT2D eigenvalue weighted by Gasteiger charge is 2.09. The summed E-state index contributed by atoms with van der Waals surface area (Å²) < 4.78 is 5.47.